The first-order valence-corrected chi connectivity index (χ1v) is 9.84. The monoisotopic (exact) mass is 361 g/mol. The molecule has 0 aromatic heterocycles. The number of hydrogen-bond donors (Lipinski definition) is 0. The number of hydrogen-bond acceptors (Lipinski definition) is 2. The van der Waals surface area contributed by atoms with Gasteiger partial charge in [-0.1, -0.05) is 0 Å². The molecular weight excluding hydrogens is 337 g/mol. The topological polar surface area (TPSA) is 12.5 Å². The van der Waals surface area contributed by atoms with Crippen LogP contribution >= 0.6 is 21.2 Å². The summed E-state index contributed by atoms with van der Waals surface area (Å²) in [7, 11) is 1.82. The van der Waals surface area contributed by atoms with E-state index < -0.39 is 0 Å². The van der Waals surface area contributed by atoms with Crippen molar-refractivity contribution in [2.45, 2.75) is 43.7 Å². The standard InChI is InChI=1S/C15H24INO/c1-4-6-10-16-15-14-12(5-2)8-7-9-13(14)11-17(15)18-3/h7-9,15-16H,4-6,10-11H2,1-3H3. The molecule has 1 heterocycles. The van der Waals surface area contributed by atoms with Crippen LogP contribution in [0.2, 0.25) is 0 Å². The summed E-state index contributed by atoms with van der Waals surface area (Å²) < 4.78 is 2.02. The number of halogens is 1. The summed E-state index contributed by atoms with van der Waals surface area (Å²) in [5.41, 5.74) is 4.61. The fourth-order valence-electron chi connectivity index (χ4n) is 2.49. The van der Waals surface area contributed by atoms with Gasteiger partial charge in [0.1, 0.15) is 0 Å². The second kappa shape index (κ2) is 6.87. The molecule has 0 spiro atoms. The van der Waals surface area contributed by atoms with Crippen LogP contribution in [0, 0.1) is 0 Å². The van der Waals surface area contributed by atoms with Gasteiger partial charge < -0.3 is 0 Å². The molecule has 0 N–H and O–H groups in total. The van der Waals surface area contributed by atoms with E-state index in [0.717, 1.165) is 13.0 Å². The molecule has 2 rings (SSSR count). The van der Waals surface area contributed by atoms with Crippen molar-refractivity contribution in [3.63, 3.8) is 0 Å². The molecule has 0 fully saturated rings. The van der Waals surface area contributed by atoms with Crippen molar-refractivity contribution in [1.29, 1.82) is 0 Å². The molecule has 2 nitrogen and oxygen atoms in total. The van der Waals surface area contributed by atoms with Gasteiger partial charge in [-0.2, -0.15) is 0 Å². The minimum atomic E-state index is -0.0347. The van der Waals surface area contributed by atoms with Crippen molar-refractivity contribution in [3.8, 4) is 0 Å². The first-order valence-electron chi connectivity index (χ1n) is 6.84. The number of benzene rings is 1. The van der Waals surface area contributed by atoms with Crippen LogP contribution in [-0.4, -0.2) is 16.6 Å². The van der Waals surface area contributed by atoms with Gasteiger partial charge in [0.2, 0.25) is 0 Å². The third kappa shape index (κ3) is 2.89. The van der Waals surface area contributed by atoms with Crippen molar-refractivity contribution in [2.24, 2.45) is 0 Å². The van der Waals surface area contributed by atoms with Crippen molar-refractivity contribution in [3.05, 3.63) is 34.9 Å². The van der Waals surface area contributed by atoms with Crippen LogP contribution in [0.5, 0.6) is 0 Å². The Bertz CT molecular complexity index is 394. The quantitative estimate of drug-likeness (QED) is 0.327. The third-order valence-corrected chi connectivity index (χ3v) is 7.25. The Kier molecular flexibility index (Phi) is 5.45. The number of rotatable bonds is 6. The number of nitrogens with zero attached hydrogens (tertiary/aromatic N) is 1. The van der Waals surface area contributed by atoms with Crippen LogP contribution in [0.4, 0.5) is 0 Å². The Labute approximate surface area is 121 Å². The summed E-state index contributed by atoms with van der Waals surface area (Å²) >= 11 is -0.0347. The number of alkyl halides is 2. The number of hydroxylamine groups is 2. The van der Waals surface area contributed by atoms with Gasteiger partial charge in [0.15, 0.2) is 0 Å². The summed E-state index contributed by atoms with van der Waals surface area (Å²) in [6.07, 6.45) is 3.82. The van der Waals surface area contributed by atoms with Gasteiger partial charge in [0.05, 0.1) is 0 Å². The normalized spacial score (nSPS) is 19.4. The zero-order chi connectivity index (χ0) is 13.0. The van der Waals surface area contributed by atoms with Crippen molar-refractivity contribution >= 4 is 21.2 Å². The van der Waals surface area contributed by atoms with Gasteiger partial charge in [-0.05, 0) is 0 Å². The number of aryl methyl sites for hydroxylation is 1. The molecule has 3 heteroatoms. The molecule has 0 saturated carbocycles. The van der Waals surface area contributed by atoms with Crippen LogP contribution in [0.15, 0.2) is 18.2 Å². The van der Waals surface area contributed by atoms with Crippen molar-refractivity contribution < 1.29 is 4.84 Å². The first kappa shape index (κ1) is 14.3. The predicted molar refractivity (Wildman–Crippen MR) is 86.3 cm³/mol. The Balaban J connectivity index is 2.22. The molecule has 0 bridgehead atoms. The second-order valence-electron chi connectivity index (χ2n) is 4.68. The average Bonchev–Trinajstić information content (AvgIpc) is 2.77. The Hall–Kier alpha value is -0.130. The molecule has 102 valence electrons. The molecule has 1 aromatic rings. The Morgan fingerprint density at radius 3 is 2.89 bits per heavy atom. The van der Waals surface area contributed by atoms with Crippen molar-refractivity contribution in [1.82, 2.24) is 5.06 Å². The maximum absolute atomic E-state index is 5.60. The van der Waals surface area contributed by atoms with Gasteiger partial charge in [0, 0.05) is 0 Å². The second-order valence-corrected chi connectivity index (χ2v) is 8.07. The maximum atomic E-state index is 5.60. The fraction of sp³-hybridized carbons (Fsp3) is 0.600. The van der Waals surface area contributed by atoms with Crippen LogP contribution in [0.1, 0.15) is 47.4 Å². The van der Waals surface area contributed by atoms with E-state index >= 15 is 0 Å². The third-order valence-electron chi connectivity index (χ3n) is 3.51. The van der Waals surface area contributed by atoms with E-state index in [2.05, 4.69) is 37.1 Å². The first-order chi connectivity index (χ1) is 8.81. The van der Waals surface area contributed by atoms with E-state index in [4.69, 9.17) is 4.84 Å². The summed E-state index contributed by atoms with van der Waals surface area (Å²) in [6.45, 7) is 5.51. The van der Waals surface area contributed by atoms with E-state index in [1.165, 1.54) is 28.4 Å². The van der Waals surface area contributed by atoms with Crippen LogP contribution < -0.4 is 0 Å². The fourth-order valence-corrected chi connectivity index (χ4v) is 6.70. The van der Waals surface area contributed by atoms with E-state index in [9.17, 15) is 0 Å². The Morgan fingerprint density at radius 2 is 2.22 bits per heavy atom. The van der Waals surface area contributed by atoms with Gasteiger partial charge >= 0.3 is 121 Å². The Morgan fingerprint density at radius 1 is 1.39 bits per heavy atom. The molecule has 0 radical (unpaired) electrons. The average molecular weight is 361 g/mol. The molecule has 1 aromatic carbocycles. The predicted octanol–water partition coefficient (Wildman–Crippen LogP) is 4.13. The van der Waals surface area contributed by atoms with E-state index in [1.54, 1.807) is 5.56 Å². The molecule has 0 aliphatic carbocycles. The molecule has 0 amide bonds. The summed E-state index contributed by atoms with van der Waals surface area (Å²) in [6, 6.07) is 6.76. The van der Waals surface area contributed by atoms with Crippen LogP contribution in [0.3, 0.4) is 0 Å². The van der Waals surface area contributed by atoms with E-state index in [0.29, 0.717) is 4.05 Å². The zero-order valence-electron chi connectivity index (χ0n) is 11.6. The molecule has 1 aliphatic heterocycles. The zero-order valence-corrected chi connectivity index (χ0v) is 13.9. The van der Waals surface area contributed by atoms with Crippen molar-refractivity contribution in [2.75, 3.05) is 11.5 Å². The van der Waals surface area contributed by atoms with Crippen LogP contribution in [-0.2, 0) is 17.8 Å². The SMILES string of the molecule is CCCC[IH]C1c2c(CC)cccc2CN1OC. The summed E-state index contributed by atoms with van der Waals surface area (Å²) in [5, 5.41) is 2.21. The minimum absolute atomic E-state index is 0.0347. The molecule has 1 unspecified atom stereocenters. The van der Waals surface area contributed by atoms with Gasteiger partial charge in [-0.3, -0.25) is 0 Å². The summed E-state index contributed by atoms with van der Waals surface area (Å²) in [4.78, 5) is 5.60. The van der Waals surface area contributed by atoms with Gasteiger partial charge in [0.25, 0.3) is 0 Å². The molecule has 1 atom stereocenters. The van der Waals surface area contributed by atoms with Gasteiger partial charge in [-0.15, -0.1) is 0 Å². The molecule has 0 saturated heterocycles. The number of fused-ring (bicyclic) bond motifs is 1. The summed E-state index contributed by atoms with van der Waals surface area (Å²) in [5.74, 6) is 0. The van der Waals surface area contributed by atoms with Gasteiger partial charge in [-0.25, -0.2) is 0 Å². The van der Waals surface area contributed by atoms with Crippen LogP contribution in [0.25, 0.3) is 0 Å². The molecular formula is C15H24INO. The number of unbranched alkanes of at least 4 members (excludes halogenated alkanes) is 1. The van der Waals surface area contributed by atoms with E-state index in [1.807, 2.05) is 7.11 Å². The molecule has 1 aliphatic rings. The molecule has 18 heavy (non-hydrogen) atoms. The van der Waals surface area contributed by atoms with E-state index in [-0.39, 0.29) is 21.2 Å².